The van der Waals surface area contributed by atoms with Crippen LogP contribution in [-0.2, 0) is 16.0 Å². The van der Waals surface area contributed by atoms with Gasteiger partial charge in [0.05, 0.1) is 13.2 Å². The lowest BCUT2D eigenvalue weighted by Gasteiger charge is -2.29. The molecule has 0 radical (unpaired) electrons. The van der Waals surface area contributed by atoms with E-state index >= 15 is 0 Å². The average molecular weight is 549 g/mol. The number of anilines is 1. The summed E-state index contributed by atoms with van der Waals surface area (Å²) >= 11 is 0. The van der Waals surface area contributed by atoms with Gasteiger partial charge >= 0.3 is 5.97 Å². The van der Waals surface area contributed by atoms with E-state index in [1.807, 2.05) is 19.2 Å². The summed E-state index contributed by atoms with van der Waals surface area (Å²) in [4.78, 5) is 23.7. The molecule has 1 saturated heterocycles. The number of halogens is 4. The molecule has 0 aliphatic carbocycles. The van der Waals surface area contributed by atoms with Crippen molar-refractivity contribution in [3.05, 3.63) is 64.7 Å². The van der Waals surface area contributed by atoms with Crippen LogP contribution < -0.4 is 10.2 Å². The topological polar surface area (TPSA) is 78.9 Å². The van der Waals surface area contributed by atoms with Crippen LogP contribution in [0, 0.1) is 18.6 Å². The molecule has 1 atom stereocenters. The molecule has 11 heteroatoms. The van der Waals surface area contributed by atoms with E-state index in [0.717, 1.165) is 25.5 Å². The highest BCUT2D eigenvalue weighted by Crippen LogP contribution is 2.23. The summed E-state index contributed by atoms with van der Waals surface area (Å²) < 4.78 is 55.0. The Balaban J connectivity index is 0.000000666. The van der Waals surface area contributed by atoms with Crippen LogP contribution in [-0.4, -0.2) is 55.5 Å². The van der Waals surface area contributed by atoms with E-state index in [9.17, 15) is 27.2 Å². The molecular formula is C26H37F4N2O4P. The zero-order chi connectivity index (χ0) is 28.6. The Morgan fingerprint density at radius 2 is 1.62 bits per heavy atom. The molecule has 2 aromatic carbocycles. The number of aliphatic carboxylic acids is 1. The first-order chi connectivity index (χ1) is 17.3. The molecule has 0 aromatic heterocycles. The number of aryl methyl sites for hydroxylation is 2. The molecule has 1 heterocycles. The highest BCUT2D eigenvalue weighted by atomic mass is 31.0. The van der Waals surface area contributed by atoms with E-state index in [2.05, 4.69) is 38.1 Å². The molecule has 1 fully saturated rings. The number of carbonyl (C=O) groups excluding carboxylic acids is 1. The van der Waals surface area contributed by atoms with Crippen molar-refractivity contribution in [1.29, 1.82) is 0 Å². The van der Waals surface area contributed by atoms with Gasteiger partial charge in [0.15, 0.2) is 0 Å². The fraction of sp³-hybridized carbons (Fsp3) is 0.462. The minimum atomic E-state index is -2.58. The van der Waals surface area contributed by atoms with Gasteiger partial charge in [0.25, 0.3) is 11.6 Å². The van der Waals surface area contributed by atoms with Gasteiger partial charge in [-0.2, -0.15) is 0 Å². The summed E-state index contributed by atoms with van der Waals surface area (Å²) in [6.45, 7) is 10.3. The molecule has 3 rings (SSSR count). The number of hydrogen-bond acceptors (Lipinski definition) is 4. The van der Waals surface area contributed by atoms with Crippen LogP contribution in [0.2, 0.25) is 0 Å². The number of rotatable bonds is 5. The van der Waals surface area contributed by atoms with Crippen LogP contribution >= 0.6 is 9.24 Å². The predicted octanol–water partition coefficient (Wildman–Crippen LogP) is 5.67. The van der Waals surface area contributed by atoms with Crippen molar-refractivity contribution < 1.29 is 37.0 Å². The van der Waals surface area contributed by atoms with Gasteiger partial charge in [-0.05, 0) is 31.0 Å². The molecule has 0 bridgehead atoms. The number of hydrogen-bond donors (Lipinski definition) is 2. The van der Waals surface area contributed by atoms with Gasteiger partial charge in [-0.25, -0.2) is 17.6 Å². The molecule has 0 spiro atoms. The molecule has 0 saturated carbocycles. The van der Waals surface area contributed by atoms with Crippen molar-refractivity contribution in [1.82, 2.24) is 5.32 Å². The van der Waals surface area contributed by atoms with Crippen LogP contribution in [0.15, 0.2) is 36.4 Å². The fourth-order valence-electron chi connectivity index (χ4n) is 2.96. The predicted molar refractivity (Wildman–Crippen MR) is 142 cm³/mol. The third kappa shape index (κ3) is 15.2. The zero-order valence-corrected chi connectivity index (χ0v) is 23.1. The Bertz CT molecular complexity index is 952. The number of alkyl halides is 2. The SMILES string of the molecule is CC.CC(F)(F)P.CCc1cccc(C)c1.O=C(O)CNC(=O)c1c(F)cc(N2CCOCC2)cc1F. The lowest BCUT2D eigenvalue weighted by molar-refractivity contribution is -0.135. The number of ether oxygens (including phenoxy) is 1. The summed E-state index contributed by atoms with van der Waals surface area (Å²) in [6.07, 6.45) is 1.14. The highest BCUT2D eigenvalue weighted by molar-refractivity contribution is 7.18. The Morgan fingerprint density at radius 1 is 1.11 bits per heavy atom. The summed E-state index contributed by atoms with van der Waals surface area (Å²) in [5, 5.41) is 10.4. The van der Waals surface area contributed by atoms with Crippen molar-refractivity contribution >= 4 is 26.8 Å². The van der Waals surface area contributed by atoms with Crippen LogP contribution in [0.4, 0.5) is 23.2 Å². The van der Waals surface area contributed by atoms with Gasteiger partial charge in [0, 0.05) is 25.7 Å². The second-order valence-electron chi connectivity index (χ2n) is 7.76. The fourth-order valence-corrected chi connectivity index (χ4v) is 2.96. The minimum absolute atomic E-state index is 0.322. The quantitative estimate of drug-likeness (QED) is 0.372. The van der Waals surface area contributed by atoms with Gasteiger partial charge in [-0.15, -0.1) is 0 Å². The first-order valence-corrected chi connectivity index (χ1v) is 12.4. The second-order valence-corrected chi connectivity index (χ2v) is 8.77. The van der Waals surface area contributed by atoms with Crippen molar-refractivity contribution in [2.75, 3.05) is 37.7 Å². The molecule has 208 valence electrons. The van der Waals surface area contributed by atoms with Gasteiger partial charge in [-0.3, -0.25) is 9.59 Å². The highest BCUT2D eigenvalue weighted by Gasteiger charge is 2.21. The molecule has 1 unspecified atom stereocenters. The first-order valence-electron chi connectivity index (χ1n) is 11.9. The normalized spacial score (nSPS) is 12.5. The van der Waals surface area contributed by atoms with Crippen LogP contribution in [0.5, 0.6) is 0 Å². The summed E-state index contributed by atoms with van der Waals surface area (Å²) in [5.41, 5.74) is -0.263. The Morgan fingerprint density at radius 3 is 2.03 bits per heavy atom. The van der Waals surface area contributed by atoms with Gasteiger partial charge in [0.1, 0.15) is 23.7 Å². The Kier molecular flexibility index (Phi) is 16.4. The smallest absolute Gasteiger partial charge is 0.322 e. The minimum Gasteiger partial charge on any atom is -0.480 e. The lowest BCUT2D eigenvalue weighted by Crippen LogP contribution is -2.36. The molecule has 2 N–H and O–H groups in total. The van der Waals surface area contributed by atoms with Gasteiger partial charge in [0.2, 0.25) is 0 Å². The number of carbonyl (C=O) groups is 2. The van der Waals surface area contributed by atoms with Gasteiger partial charge in [-0.1, -0.05) is 59.8 Å². The van der Waals surface area contributed by atoms with Crippen molar-refractivity contribution in [2.24, 2.45) is 0 Å². The molecule has 6 nitrogen and oxygen atoms in total. The first kappa shape index (κ1) is 34.3. The average Bonchev–Trinajstić information content (AvgIpc) is 2.83. The third-order valence-corrected chi connectivity index (χ3v) is 4.52. The van der Waals surface area contributed by atoms with E-state index in [0.29, 0.717) is 32.0 Å². The maximum absolute atomic E-state index is 13.9. The van der Waals surface area contributed by atoms with E-state index in [1.54, 1.807) is 4.90 Å². The molecule has 1 aliphatic rings. The van der Waals surface area contributed by atoms with Crippen LogP contribution in [0.3, 0.4) is 0 Å². The number of nitrogens with zero attached hydrogens (tertiary/aromatic N) is 1. The number of nitrogens with one attached hydrogen (secondary N) is 1. The van der Waals surface area contributed by atoms with E-state index in [4.69, 9.17) is 9.84 Å². The molecule has 37 heavy (non-hydrogen) atoms. The Labute approximate surface area is 218 Å². The van der Waals surface area contributed by atoms with E-state index in [1.165, 1.54) is 20.4 Å². The molecule has 2 aromatic rings. The number of carboxylic acid groups (broad SMARTS) is 1. The van der Waals surface area contributed by atoms with Gasteiger partial charge < -0.3 is 20.1 Å². The molecule has 1 aliphatic heterocycles. The second kappa shape index (κ2) is 17.7. The largest absolute Gasteiger partial charge is 0.480 e. The Hall–Kier alpha value is -2.71. The zero-order valence-electron chi connectivity index (χ0n) is 21.9. The number of morpholine rings is 1. The van der Waals surface area contributed by atoms with Crippen molar-refractivity contribution in [3.63, 3.8) is 0 Å². The summed E-state index contributed by atoms with van der Waals surface area (Å²) in [7, 11) is 1.38. The number of benzene rings is 2. The maximum Gasteiger partial charge on any atom is 0.322 e. The molecule has 1 amide bonds. The van der Waals surface area contributed by atoms with Crippen LogP contribution in [0.1, 0.15) is 49.2 Å². The van der Waals surface area contributed by atoms with Crippen molar-refractivity contribution in [3.8, 4) is 0 Å². The number of amides is 1. The van der Waals surface area contributed by atoms with E-state index < -0.39 is 41.3 Å². The standard InChI is InChI=1S/C13H14F2N2O4.C9H12.C2H5F2P.C2H6/c14-9-5-8(17-1-3-21-4-2-17)6-10(15)12(9)13(20)16-7-11(18)19;1-3-9-6-4-5-8(2)7-9;1-2(3,4)5;1-2/h5-6H,1-4,7H2,(H,16,20)(H,18,19);4-7H,3H2,1-2H3;5H2,1H3;1-2H3. The third-order valence-electron chi connectivity index (χ3n) is 4.52. The summed E-state index contributed by atoms with van der Waals surface area (Å²) in [6, 6.07) is 10.7. The monoisotopic (exact) mass is 548 g/mol. The van der Waals surface area contributed by atoms with Crippen molar-refractivity contribution in [2.45, 2.75) is 46.7 Å². The molecular weight excluding hydrogens is 511 g/mol. The summed E-state index contributed by atoms with van der Waals surface area (Å²) in [5.74, 6) is -4.45. The van der Waals surface area contributed by atoms with E-state index in [-0.39, 0.29) is 0 Å². The lowest BCUT2D eigenvalue weighted by atomic mass is 10.1. The maximum atomic E-state index is 13.9. The number of carboxylic acids is 1. The van der Waals surface area contributed by atoms with Crippen LogP contribution in [0.25, 0.3) is 0 Å².